The zero-order chi connectivity index (χ0) is 11.7. The van der Waals surface area contributed by atoms with Gasteiger partial charge in [-0.3, -0.25) is 0 Å². The third-order valence-corrected chi connectivity index (χ3v) is 4.37. The second-order valence-electron chi connectivity index (χ2n) is 5.60. The minimum absolute atomic E-state index is 0.0890. The molecule has 0 aromatic carbocycles. The second-order valence-corrected chi connectivity index (χ2v) is 6.12. The van der Waals surface area contributed by atoms with Crippen molar-refractivity contribution in [3.8, 4) is 0 Å². The minimum atomic E-state index is -0.0890. The second kappa shape index (κ2) is 4.60. The number of rotatable bonds is 5. The van der Waals surface area contributed by atoms with Gasteiger partial charge in [0.1, 0.15) is 0 Å². The number of halogens is 1. The lowest BCUT2D eigenvalue weighted by Crippen LogP contribution is -2.52. The Labute approximate surface area is 98.3 Å². The SMILES string of the molecule is COC(C)(C)CCOC1CC(Cl)C1(C)C. The van der Waals surface area contributed by atoms with Gasteiger partial charge in [-0.25, -0.2) is 0 Å². The molecule has 2 nitrogen and oxygen atoms in total. The van der Waals surface area contributed by atoms with Gasteiger partial charge in [-0.1, -0.05) is 13.8 Å². The van der Waals surface area contributed by atoms with E-state index in [2.05, 4.69) is 27.7 Å². The average molecular weight is 235 g/mol. The number of hydrogen-bond acceptors (Lipinski definition) is 2. The van der Waals surface area contributed by atoms with E-state index >= 15 is 0 Å². The van der Waals surface area contributed by atoms with E-state index in [1.54, 1.807) is 7.11 Å². The first-order valence-corrected chi connectivity index (χ1v) is 6.04. The molecular weight excluding hydrogens is 212 g/mol. The molecule has 1 aliphatic carbocycles. The first kappa shape index (κ1) is 13.3. The maximum absolute atomic E-state index is 6.13. The van der Waals surface area contributed by atoms with E-state index < -0.39 is 0 Å². The summed E-state index contributed by atoms with van der Waals surface area (Å²) in [4.78, 5) is 0. The summed E-state index contributed by atoms with van der Waals surface area (Å²) < 4.78 is 11.2. The predicted molar refractivity (Wildman–Crippen MR) is 63.5 cm³/mol. The molecule has 2 atom stereocenters. The maximum atomic E-state index is 6.13. The van der Waals surface area contributed by atoms with Crippen LogP contribution in [0.25, 0.3) is 0 Å². The molecule has 0 radical (unpaired) electrons. The first-order chi connectivity index (χ1) is 6.79. The first-order valence-electron chi connectivity index (χ1n) is 5.60. The molecule has 0 N–H and O–H groups in total. The van der Waals surface area contributed by atoms with E-state index in [-0.39, 0.29) is 16.4 Å². The summed E-state index contributed by atoms with van der Waals surface area (Å²) in [6.45, 7) is 9.23. The van der Waals surface area contributed by atoms with Gasteiger partial charge in [0.25, 0.3) is 0 Å². The van der Waals surface area contributed by atoms with Gasteiger partial charge in [-0.15, -0.1) is 11.6 Å². The Balaban J connectivity index is 2.23. The Morgan fingerprint density at radius 3 is 2.40 bits per heavy atom. The van der Waals surface area contributed by atoms with Crippen LogP contribution >= 0.6 is 11.6 Å². The highest BCUT2D eigenvalue weighted by Crippen LogP contribution is 2.46. The molecule has 0 amide bonds. The van der Waals surface area contributed by atoms with Gasteiger partial charge in [0, 0.05) is 24.5 Å². The van der Waals surface area contributed by atoms with Crippen LogP contribution in [0.4, 0.5) is 0 Å². The van der Waals surface area contributed by atoms with Crippen LogP contribution in [0.3, 0.4) is 0 Å². The summed E-state index contributed by atoms with van der Waals surface area (Å²) in [7, 11) is 1.74. The molecule has 0 saturated heterocycles. The summed E-state index contributed by atoms with van der Waals surface area (Å²) in [5.41, 5.74) is 0.0347. The third-order valence-electron chi connectivity index (χ3n) is 3.63. The van der Waals surface area contributed by atoms with Crippen LogP contribution in [0.2, 0.25) is 0 Å². The van der Waals surface area contributed by atoms with E-state index in [0.717, 1.165) is 19.4 Å². The van der Waals surface area contributed by atoms with Crippen LogP contribution < -0.4 is 0 Å². The average Bonchev–Trinajstić information content (AvgIpc) is 2.16. The monoisotopic (exact) mass is 234 g/mol. The zero-order valence-corrected chi connectivity index (χ0v) is 11.2. The van der Waals surface area contributed by atoms with Gasteiger partial charge in [-0.05, 0) is 26.7 Å². The molecule has 2 unspecified atom stereocenters. The van der Waals surface area contributed by atoms with Gasteiger partial charge in [-0.2, -0.15) is 0 Å². The standard InChI is InChI=1S/C12H23ClO2/c1-11(2,14-5)6-7-15-10-8-9(13)12(10,3)4/h9-10H,6-8H2,1-5H3. The van der Waals surface area contributed by atoms with Crippen molar-refractivity contribution in [2.75, 3.05) is 13.7 Å². The van der Waals surface area contributed by atoms with Crippen LogP contribution in [0.15, 0.2) is 0 Å². The Bertz CT molecular complexity index is 214. The smallest absolute Gasteiger partial charge is 0.0654 e. The van der Waals surface area contributed by atoms with Gasteiger partial charge in [0.15, 0.2) is 0 Å². The summed E-state index contributed by atoms with van der Waals surface area (Å²) in [6, 6.07) is 0. The minimum Gasteiger partial charge on any atom is -0.379 e. The molecule has 1 fully saturated rings. The maximum Gasteiger partial charge on any atom is 0.0654 e. The molecule has 3 heteroatoms. The molecular formula is C12H23ClO2. The summed E-state index contributed by atoms with van der Waals surface area (Å²) in [5, 5.41) is 0.262. The third kappa shape index (κ3) is 3.08. The fourth-order valence-electron chi connectivity index (χ4n) is 1.67. The lowest BCUT2D eigenvalue weighted by molar-refractivity contribution is -0.104. The van der Waals surface area contributed by atoms with Gasteiger partial charge < -0.3 is 9.47 Å². The molecule has 0 aromatic heterocycles. The number of ether oxygens (including phenoxy) is 2. The van der Waals surface area contributed by atoms with Crippen LogP contribution in [-0.4, -0.2) is 30.8 Å². The quantitative estimate of drug-likeness (QED) is 0.680. The lowest BCUT2D eigenvalue weighted by Gasteiger charge is -2.48. The predicted octanol–water partition coefficient (Wildman–Crippen LogP) is 3.22. The summed E-state index contributed by atoms with van der Waals surface area (Å²) in [5.74, 6) is 0. The van der Waals surface area contributed by atoms with E-state index in [0.29, 0.717) is 6.10 Å². The number of hydrogen-bond donors (Lipinski definition) is 0. The molecule has 1 aliphatic rings. The van der Waals surface area contributed by atoms with Crippen molar-refractivity contribution in [1.82, 2.24) is 0 Å². The van der Waals surface area contributed by atoms with Crippen molar-refractivity contribution in [2.45, 2.75) is 57.6 Å². The van der Waals surface area contributed by atoms with Crippen molar-refractivity contribution in [1.29, 1.82) is 0 Å². The van der Waals surface area contributed by atoms with E-state index in [1.165, 1.54) is 0 Å². The fraction of sp³-hybridized carbons (Fsp3) is 1.00. The topological polar surface area (TPSA) is 18.5 Å². The van der Waals surface area contributed by atoms with Crippen molar-refractivity contribution in [2.24, 2.45) is 5.41 Å². The number of alkyl halides is 1. The van der Waals surface area contributed by atoms with E-state index in [9.17, 15) is 0 Å². The molecule has 0 aromatic rings. The summed E-state index contributed by atoms with van der Waals surface area (Å²) >= 11 is 6.13. The van der Waals surface area contributed by atoms with Crippen LogP contribution in [0.1, 0.15) is 40.5 Å². The van der Waals surface area contributed by atoms with Crippen molar-refractivity contribution in [3.63, 3.8) is 0 Å². The number of methoxy groups -OCH3 is 1. The Morgan fingerprint density at radius 2 is 2.00 bits per heavy atom. The summed E-state index contributed by atoms with van der Waals surface area (Å²) in [6.07, 6.45) is 2.21. The molecule has 0 bridgehead atoms. The molecule has 90 valence electrons. The molecule has 0 spiro atoms. The van der Waals surface area contributed by atoms with Crippen molar-refractivity contribution in [3.05, 3.63) is 0 Å². The van der Waals surface area contributed by atoms with E-state index in [4.69, 9.17) is 21.1 Å². The van der Waals surface area contributed by atoms with Crippen LogP contribution in [0.5, 0.6) is 0 Å². The molecule has 15 heavy (non-hydrogen) atoms. The van der Waals surface area contributed by atoms with Gasteiger partial charge in [0.2, 0.25) is 0 Å². The Morgan fingerprint density at radius 1 is 1.40 bits per heavy atom. The highest BCUT2D eigenvalue weighted by atomic mass is 35.5. The zero-order valence-electron chi connectivity index (χ0n) is 10.5. The Kier molecular flexibility index (Phi) is 4.07. The van der Waals surface area contributed by atoms with Gasteiger partial charge in [0.05, 0.1) is 11.7 Å². The van der Waals surface area contributed by atoms with Crippen LogP contribution in [0, 0.1) is 5.41 Å². The molecule has 1 saturated carbocycles. The molecule has 0 heterocycles. The van der Waals surface area contributed by atoms with Crippen LogP contribution in [-0.2, 0) is 9.47 Å². The van der Waals surface area contributed by atoms with E-state index in [1.807, 2.05) is 0 Å². The largest absolute Gasteiger partial charge is 0.379 e. The van der Waals surface area contributed by atoms with Gasteiger partial charge >= 0.3 is 0 Å². The molecule has 1 rings (SSSR count). The Hall–Kier alpha value is 0.210. The lowest BCUT2D eigenvalue weighted by atomic mass is 9.68. The highest BCUT2D eigenvalue weighted by Gasteiger charge is 2.47. The van der Waals surface area contributed by atoms with Crippen molar-refractivity contribution < 1.29 is 9.47 Å². The molecule has 0 aliphatic heterocycles. The highest BCUT2D eigenvalue weighted by molar-refractivity contribution is 6.21. The van der Waals surface area contributed by atoms with Crippen molar-refractivity contribution >= 4 is 11.6 Å². The fourth-order valence-corrected chi connectivity index (χ4v) is 1.97. The normalized spacial score (nSPS) is 30.0.